The highest BCUT2D eigenvalue weighted by molar-refractivity contribution is 5.98. The molecule has 0 radical (unpaired) electrons. The van der Waals surface area contributed by atoms with Gasteiger partial charge in [-0.2, -0.15) is 0 Å². The van der Waals surface area contributed by atoms with E-state index in [1.807, 2.05) is 0 Å². The first-order valence-corrected chi connectivity index (χ1v) is 30.5. The van der Waals surface area contributed by atoms with Crippen molar-refractivity contribution in [3.05, 3.63) is 108 Å². The molecule has 2 fully saturated rings. The molecule has 0 bridgehead atoms. The highest BCUT2D eigenvalue weighted by Gasteiger charge is 2.44. The molecule has 0 aliphatic carbocycles. The van der Waals surface area contributed by atoms with Gasteiger partial charge in [0, 0.05) is 59.0 Å². The van der Waals surface area contributed by atoms with Crippen LogP contribution in [-0.2, 0) is 67.2 Å². The molecule has 31 heteroatoms. The largest absolute Gasteiger partial charge is 0.480 e. The number of likely N-dealkylation sites (N-methyl/N-ethyl adjacent to an activating group) is 1. The fraction of sp³-hybridized carbons (Fsp3) is 0.492. The summed E-state index contributed by atoms with van der Waals surface area (Å²) in [6.45, 7) is -0.817. The number of amides is 9. The molecular weight excluding hydrogens is 1190 g/mol. The van der Waals surface area contributed by atoms with E-state index in [4.69, 9.17) is 40.1 Å². The number of nitrogens with one attached hydrogen (secondary N) is 6. The summed E-state index contributed by atoms with van der Waals surface area (Å²) in [6.07, 6.45) is 2.12. The third kappa shape index (κ3) is 23.5. The number of hydrogen-bond acceptors (Lipinski definition) is 15. The van der Waals surface area contributed by atoms with Crippen LogP contribution in [0, 0.1) is 0 Å². The zero-order chi connectivity index (χ0) is 67.3. The van der Waals surface area contributed by atoms with Crippen LogP contribution in [0.3, 0.4) is 0 Å². The van der Waals surface area contributed by atoms with Crippen LogP contribution in [0.4, 0.5) is 0 Å². The number of aliphatic hydroxyl groups is 1. The second kappa shape index (κ2) is 37.3. The number of aliphatic hydroxyl groups excluding tert-OH is 1. The van der Waals surface area contributed by atoms with Crippen molar-refractivity contribution in [2.75, 3.05) is 52.9 Å². The van der Waals surface area contributed by atoms with Gasteiger partial charge in [-0.1, -0.05) is 91.0 Å². The number of carbonyl (C=O) groups excluding carboxylic acids is 9. The van der Waals surface area contributed by atoms with E-state index >= 15 is 0 Å². The summed E-state index contributed by atoms with van der Waals surface area (Å²) in [5.74, 6) is -8.50. The summed E-state index contributed by atoms with van der Waals surface area (Å²) in [5.41, 5.74) is 40.6. The topological polar surface area (TPSA) is 512 Å². The molecule has 2 heterocycles. The lowest BCUT2D eigenvalue weighted by molar-refractivity contribution is -0.148. The Kier molecular flexibility index (Phi) is 29.5. The fourth-order valence-electron chi connectivity index (χ4n) is 10.7. The number of carbonyl (C=O) groups is 10. The van der Waals surface area contributed by atoms with Gasteiger partial charge in [-0.3, -0.25) is 58.1 Å². The molecule has 22 N–H and O–H groups in total. The molecule has 9 atom stereocenters. The maximum absolute atomic E-state index is 14.6. The number of likely N-dealkylation sites (tertiary alicyclic amines) is 2. The van der Waals surface area contributed by atoms with Crippen LogP contribution < -0.4 is 72.0 Å². The molecule has 2 aliphatic heterocycles. The van der Waals surface area contributed by atoms with Gasteiger partial charge in [0.2, 0.25) is 53.2 Å². The maximum atomic E-state index is 14.6. The van der Waals surface area contributed by atoms with Gasteiger partial charge >= 0.3 is 5.97 Å². The van der Waals surface area contributed by atoms with Crippen molar-refractivity contribution >= 4 is 77.0 Å². The molecule has 2 aliphatic rings. The molecule has 2 saturated heterocycles. The lowest BCUT2D eigenvalue weighted by atomic mass is 10.0. The van der Waals surface area contributed by atoms with Crippen LogP contribution in [0.5, 0.6) is 0 Å². The number of benzene rings is 3. The van der Waals surface area contributed by atoms with Gasteiger partial charge in [0.05, 0.1) is 19.2 Å². The van der Waals surface area contributed by atoms with Gasteiger partial charge in [-0.15, -0.1) is 0 Å². The minimum Gasteiger partial charge on any atom is -0.480 e. The van der Waals surface area contributed by atoms with E-state index < -0.39 is 127 Å². The van der Waals surface area contributed by atoms with Gasteiger partial charge in [-0.25, -0.2) is 4.79 Å². The molecule has 0 spiro atoms. The summed E-state index contributed by atoms with van der Waals surface area (Å²) in [4.78, 5) is 155. The predicted octanol–water partition coefficient (Wildman–Crippen LogP) is -4.37. The van der Waals surface area contributed by atoms with Crippen molar-refractivity contribution < 1.29 is 58.2 Å². The summed E-state index contributed by atoms with van der Waals surface area (Å²) >= 11 is 0. The number of nitrogens with zero attached hydrogens (tertiary/aromatic N) is 6. The van der Waals surface area contributed by atoms with Gasteiger partial charge in [-0.05, 0) is 80.9 Å². The molecular formula is C61H89N19O12. The van der Waals surface area contributed by atoms with E-state index in [1.165, 1.54) is 16.8 Å². The summed E-state index contributed by atoms with van der Waals surface area (Å²) in [5, 5.41) is 36.5. The Bertz CT molecular complexity index is 3060. The van der Waals surface area contributed by atoms with Crippen molar-refractivity contribution in [2.24, 2.45) is 55.1 Å². The van der Waals surface area contributed by atoms with E-state index in [9.17, 15) is 58.2 Å². The number of rotatable bonds is 36. The molecule has 31 nitrogen and oxygen atoms in total. The first-order valence-electron chi connectivity index (χ1n) is 30.5. The minimum atomic E-state index is -1.71. The highest BCUT2D eigenvalue weighted by Crippen LogP contribution is 2.26. The molecule has 500 valence electrons. The predicted molar refractivity (Wildman–Crippen MR) is 342 cm³/mol. The fourth-order valence-corrected chi connectivity index (χ4v) is 10.7. The van der Waals surface area contributed by atoms with Gasteiger partial charge in [0.15, 0.2) is 17.9 Å². The van der Waals surface area contributed by atoms with E-state index in [-0.39, 0.29) is 115 Å². The molecule has 0 unspecified atom stereocenters. The van der Waals surface area contributed by atoms with Gasteiger partial charge in [0.25, 0.3) is 0 Å². The number of aliphatic carboxylic acids is 1. The number of carboxylic acids is 1. The van der Waals surface area contributed by atoms with Crippen LogP contribution in [0.2, 0.25) is 0 Å². The summed E-state index contributed by atoms with van der Waals surface area (Å²) in [6, 6.07) is 14.3. The number of aliphatic imine (C=N–C) groups is 3. The van der Waals surface area contributed by atoms with Crippen LogP contribution in [-0.4, -0.2) is 209 Å². The quantitative estimate of drug-likeness (QED) is 0.0149. The zero-order valence-corrected chi connectivity index (χ0v) is 51.7. The number of carboxylic acid groups (broad SMARTS) is 1. The normalized spacial score (nSPS) is 16.5. The molecule has 9 amide bonds. The van der Waals surface area contributed by atoms with Crippen LogP contribution in [0.15, 0.2) is 106 Å². The van der Waals surface area contributed by atoms with E-state index in [1.54, 1.807) is 91.0 Å². The van der Waals surface area contributed by atoms with Crippen molar-refractivity contribution in [3.63, 3.8) is 0 Å². The lowest BCUT2D eigenvalue weighted by Gasteiger charge is -2.33. The van der Waals surface area contributed by atoms with Crippen molar-refractivity contribution in [1.82, 2.24) is 46.6 Å². The van der Waals surface area contributed by atoms with Crippen molar-refractivity contribution in [2.45, 2.75) is 138 Å². The Morgan fingerprint density at radius 3 is 1.48 bits per heavy atom. The summed E-state index contributed by atoms with van der Waals surface area (Å²) < 4.78 is 0. The number of nitrogens with two attached hydrogens (primary N) is 7. The highest BCUT2D eigenvalue weighted by atomic mass is 16.4. The Balaban J connectivity index is 1.28. The monoisotopic (exact) mass is 1280 g/mol. The molecule has 92 heavy (non-hydrogen) atoms. The second-order valence-electron chi connectivity index (χ2n) is 22.5. The van der Waals surface area contributed by atoms with Crippen molar-refractivity contribution in [1.29, 1.82) is 0 Å². The number of guanidine groups is 3. The van der Waals surface area contributed by atoms with Crippen LogP contribution >= 0.6 is 0 Å². The lowest BCUT2D eigenvalue weighted by Crippen LogP contribution is -2.61. The average Bonchev–Trinajstić information content (AvgIpc) is 1.72. The minimum absolute atomic E-state index is 0.0586. The van der Waals surface area contributed by atoms with E-state index in [0.29, 0.717) is 36.0 Å². The summed E-state index contributed by atoms with van der Waals surface area (Å²) in [7, 11) is 1.28. The first kappa shape index (κ1) is 72.8. The Morgan fingerprint density at radius 2 is 0.978 bits per heavy atom. The molecule has 3 aromatic rings. The smallest absolute Gasteiger partial charge is 0.326 e. The SMILES string of the molecule is CN(C(=O)[C@H](CO)NC(=O)[C@H](Cc1ccccc1)NC(=O)CNC(=O)[C@@H]1CCCN1C(=O)[C@@H]1CCCN1C(=O)[C@H](CCCN=C(N)N)NC(=O)[C@H](N)CCCN=C(N)N)[C@@H](Cc1ccccc1)C(=O)N[C@@H](Cc1ccccc1)C(=O)N[C@@H](CCCN=C(N)N)C(=O)O. The zero-order valence-electron chi connectivity index (χ0n) is 51.7. The van der Waals surface area contributed by atoms with Crippen molar-refractivity contribution in [3.8, 4) is 0 Å². The Hall–Kier alpha value is -9.91. The van der Waals surface area contributed by atoms with Crippen LogP contribution in [0.1, 0.15) is 80.9 Å². The standard InChI is InChI=1S/C61H89N19O12/c1-78(48(34-39-20-9-4-10-21-39)54(87)76-44(33-38-18-7-3-8-19-38)52(85)75-42(58(91)92)24-13-29-71-61(67)68)55(88)45(36-81)77-51(84)43(32-37-16-5-2-6-17-37)73-49(82)35-72-53(86)46-25-14-30-79(46)57(90)47-26-15-31-80(47)56(89)41(23-12-28-70-60(65)66)74-50(83)40(62)22-11-27-69-59(63)64/h2-10,16-21,40-48,81H,11-15,22-36,62H2,1H3,(H,72,86)(H,73,82)(H,74,83)(H,75,85)(H,76,87)(H,77,84)(H,91,92)(H4,63,64,69)(H4,65,66,70)(H4,67,68,71)/t40-,41+,42+,43+,44+,45+,46+,47+,48+/m1/s1. The molecule has 3 aromatic carbocycles. The Labute approximate surface area is 533 Å². The van der Waals surface area contributed by atoms with Gasteiger partial charge in [0.1, 0.15) is 48.3 Å². The van der Waals surface area contributed by atoms with Gasteiger partial charge < -0.3 is 96.9 Å². The third-order valence-electron chi connectivity index (χ3n) is 15.5. The maximum Gasteiger partial charge on any atom is 0.326 e. The third-order valence-corrected chi connectivity index (χ3v) is 15.5. The first-order chi connectivity index (χ1) is 44.0. The van der Waals surface area contributed by atoms with Crippen LogP contribution in [0.25, 0.3) is 0 Å². The van der Waals surface area contributed by atoms with E-state index in [0.717, 1.165) is 4.90 Å². The second-order valence-corrected chi connectivity index (χ2v) is 22.5. The Morgan fingerprint density at radius 1 is 0.543 bits per heavy atom. The number of hydrogen-bond donors (Lipinski definition) is 15. The molecule has 0 aromatic heterocycles. The molecule has 0 saturated carbocycles. The molecule has 5 rings (SSSR count). The van der Waals surface area contributed by atoms with E-state index in [2.05, 4.69) is 46.9 Å². The average molecular weight is 1280 g/mol.